The average molecular weight is 397 g/mol. The number of aromatic nitrogens is 2. The van der Waals surface area contributed by atoms with Gasteiger partial charge in [0.1, 0.15) is 6.10 Å². The summed E-state index contributed by atoms with van der Waals surface area (Å²) >= 11 is 6.12. The van der Waals surface area contributed by atoms with Gasteiger partial charge in [-0.05, 0) is 49.8 Å². The predicted octanol–water partition coefficient (Wildman–Crippen LogP) is 6.63. The molecule has 1 fully saturated rings. The van der Waals surface area contributed by atoms with E-state index < -0.39 is 0 Å². The van der Waals surface area contributed by atoms with E-state index in [0.29, 0.717) is 0 Å². The van der Waals surface area contributed by atoms with E-state index in [2.05, 4.69) is 30.7 Å². The number of nitrogens with zero attached hydrogens (tertiary/aromatic N) is 2. The summed E-state index contributed by atoms with van der Waals surface area (Å²) in [5.74, 6) is 1.62. The first-order valence-corrected chi connectivity index (χ1v) is 10.0. The second-order valence-electron chi connectivity index (χ2n) is 7.23. The average Bonchev–Trinajstić information content (AvgIpc) is 2.97. The lowest BCUT2D eigenvalue weighted by Crippen LogP contribution is -2.17. The Kier molecular flexibility index (Phi) is 8.30. The zero-order chi connectivity index (χ0) is 17.6. The molecule has 3 rings (SSSR count). The van der Waals surface area contributed by atoms with Crippen molar-refractivity contribution in [3.05, 3.63) is 46.6 Å². The van der Waals surface area contributed by atoms with E-state index >= 15 is 0 Å². The Morgan fingerprint density at radius 1 is 1.23 bits per heavy atom. The molecule has 0 spiro atoms. The van der Waals surface area contributed by atoms with Gasteiger partial charge in [-0.1, -0.05) is 56.3 Å². The van der Waals surface area contributed by atoms with Gasteiger partial charge in [0.2, 0.25) is 5.88 Å². The van der Waals surface area contributed by atoms with Crippen LogP contribution in [0.15, 0.2) is 30.3 Å². The van der Waals surface area contributed by atoms with Crippen molar-refractivity contribution in [2.75, 3.05) is 0 Å². The molecule has 1 aromatic heterocycles. The first-order chi connectivity index (χ1) is 12.2. The van der Waals surface area contributed by atoms with E-state index in [9.17, 15) is 0 Å². The van der Waals surface area contributed by atoms with Crippen LogP contribution in [0, 0.1) is 5.92 Å². The number of rotatable bonds is 7. The molecule has 0 aliphatic heterocycles. The number of hydrogen-bond acceptors (Lipinski definition) is 2. The third kappa shape index (κ3) is 5.65. The molecule has 0 amide bonds. The maximum Gasteiger partial charge on any atom is 0.212 e. The van der Waals surface area contributed by atoms with Crippen molar-refractivity contribution in [3.63, 3.8) is 0 Å². The topological polar surface area (TPSA) is 27.1 Å². The second-order valence-corrected chi connectivity index (χ2v) is 7.66. The van der Waals surface area contributed by atoms with Gasteiger partial charge in [-0.3, -0.25) is 0 Å². The Labute approximate surface area is 168 Å². The number of aryl methyl sites for hydroxylation is 1. The monoisotopic (exact) mass is 396 g/mol. The second kappa shape index (κ2) is 10.2. The quantitative estimate of drug-likeness (QED) is 0.524. The molecule has 26 heavy (non-hydrogen) atoms. The van der Waals surface area contributed by atoms with Crippen molar-refractivity contribution < 1.29 is 4.74 Å². The maximum atomic E-state index is 6.30. The maximum absolute atomic E-state index is 6.30. The van der Waals surface area contributed by atoms with Gasteiger partial charge in [-0.2, -0.15) is 5.10 Å². The molecule has 1 aliphatic carbocycles. The number of benzene rings is 1. The summed E-state index contributed by atoms with van der Waals surface area (Å²) < 4.78 is 8.40. The first kappa shape index (κ1) is 21.1. The molecular formula is C21H30Cl2N2O. The summed E-state index contributed by atoms with van der Waals surface area (Å²) in [6, 6.07) is 10.0. The van der Waals surface area contributed by atoms with Crippen LogP contribution in [0.2, 0.25) is 5.02 Å². The predicted molar refractivity (Wildman–Crippen MR) is 111 cm³/mol. The van der Waals surface area contributed by atoms with E-state index in [0.717, 1.165) is 47.5 Å². The van der Waals surface area contributed by atoms with Crippen molar-refractivity contribution in [1.29, 1.82) is 0 Å². The van der Waals surface area contributed by atoms with Gasteiger partial charge in [0, 0.05) is 17.6 Å². The van der Waals surface area contributed by atoms with E-state index in [1.165, 1.54) is 32.1 Å². The highest BCUT2D eigenvalue weighted by atomic mass is 35.5. The lowest BCUT2D eigenvalue weighted by molar-refractivity contribution is 0.193. The van der Waals surface area contributed by atoms with Gasteiger partial charge < -0.3 is 4.74 Å². The minimum Gasteiger partial charge on any atom is -0.470 e. The van der Waals surface area contributed by atoms with Gasteiger partial charge >= 0.3 is 0 Å². The van der Waals surface area contributed by atoms with Crippen molar-refractivity contribution in [2.24, 2.45) is 5.92 Å². The molecule has 3 nitrogen and oxygen atoms in total. The van der Waals surface area contributed by atoms with Crippen molar-refractivity contribution in [2.45, 2.75) is 71.4 Å². The van der Waals surface area contributed by atoms with Gasteiger partial charge in [0.05, 0.1) is 5.69 Å². The fourth-order valence-electron chi connectivity index (χ4n) is 3.68. The number of ether oxygens (including phenoxy) is 1. The fourth-order valence-corrected chi connectivity index (χ4v) is 3.88. The van der Waals surface area contributed by atoms with Crippen molar-refractivity contribution >= 4 is 24.0 Å². The number of hydrogen-bond donors (Lipinski definition) is 0. The minimum atomic E-state index is -0.0463. The summed E-state index contributed by atoms with van der Waals surface area (Å²) in [5.41, 5.74) is 2.22. The lowest BCUT2D eigenvalue weighted by atomic mass is 9.89. The zero-order valence-corrected chi connectivity index (χ0v) is 17.4. The van der Waals surface area contributed by atoms with Crippen LogP contribution in [0.25, 0.3) is 0 Å². The zero-order valence-electron chi connectivity index (χ0n) is 15.8. The molecule has 1 atom stereocenters. The van der Waals surface area contributed by atoms with Crippen LogP contribution in [0.4, 0.5) is 0 Å². The van der Waals surface area contributed by atoms with E-state index in [-0.39, 0.29) is 18.5 Å². The highest BCUT2D eigenvalue weighted by molar-refractivity contribution is 6.30. The molecule has 5 heteroatoms. The highest BCUT2D eigenvalue weighted by Crippen LogP contribution is 2.29. The number of halogens is 2. The molecule has 1 unspecified atom stereocenters. The molecule has 1 aliphatic rings. The normalized spacial score (nSPS) is 16.1. The summed E-state index contributed by atoms with van der Waals surface area (Å²) in [7, 11) is 0. The lowest BCUT2D eigenvalue weighted by Gasteiger charge is -2.23. The summed E-state index contributed by atoms with van der Waals surface area (Å²) in [4.78, 5) is 0. The summed E-state index contributed by atoms with van der Waals surface area (Å²) in [6.45, 7) is 5.24. The standard InChI is InChI=1S/C21H29ClN2O.ClH/c1-3-8-20-14-21(24(23-20)15-17-9-5-4-6-10-17)25-16(2)18-11-7-12-19(22)13-18;/h7,11-14,16-17H,3-6,8-10,15H2,1-2H3;1H. The Morgan fingerprint density at radius 2 is 2.00 bits per heavy atom. The fraction of sp³-hybridized carbons (Fsp3) is 0.571. The minimum absolute atomic E-state index is 0. The van der Waals surface area contributed by atoms with Crippen LogP contribution in [0.1, 0.15) is 69.7 Å². The van der Waals surface area contributed by atoms with Gasteiger partial charge in [-0.25, -0.2) is 4.68 Å². The molecule has 0 N–H and O–H groups in total. The van der Waals surface area contributed by atoms with E-state index in [4.69, 9.17) is 21.4 Å². The van der Waals surface area contributed by atoms with Crippen LogP contribution in [0.5, 0.6) is 5.88 Å². The Bertz CT molecular complexity index is 680. The Morgan fingerprint density at radius 3 is 2.69 bits per heavy atom. The molecule has 2 aromatic rings. The van der Waals surface area contributed by atoms with Gasteiger partial charge in [-0.15, -0.1) is 12.4 Å². The third-order valence-corrected chi connectivity index (χ3v) is 5.31. The molecule has 144 valence electrons. The van der Waals surface area contributed by atoms with Gasteiger partial charge in [0.15, 0.2) is 0 Å². The van der Waals surface area contributed by atoms with Crippen molar-refractivity contribution in [3.8, 4) is 5.88 Å². The van der Waals surface area contributed by atoms with E-state index in [1.807, 2.05) is 18.2 Å². The highest BCUT2D eigenvalue weighted by Gasteiger charge is 2.19. The smallest absolute Gasteiger partial charge is 0.212 e. The van der Waals surface area contributed by atoms with Crippen LogP contribution in [-0.2, 0) is 13.0 Å². The Balaban J connectivity index is 0.00000243. The SMILES string of the molecule is CCCc1cc(OC(C)c2cccc(Cl)c2)n(CC2CCCCC2)n1.Cl. The third-order valence-electron chi connectivity index (χ3n) is 5.07. The summed E-state index contributed by atoms with van der Waals surface area (Å²) in [5, 5.41) is 5.57. The largest absolute Gasteiger partial charge is 0.470 e. The molecular weight excluding hydrogens is 367 g/mol. The molecule has 1 aromatic carbocycles. The molecule has 0 radical (unpaired) electrons. The van der Waals surface area contributed by atoms with E-state index in [1.54, 1.807) is 0 Å². The molecule has 0 bridgehead atoms. The van der Waals surface area contributed by atoms with Crippen LogP contribution in [0.3, 0.4) is 0 Å². The van der Waals surface area contributed by atoms with Gasteiger partial charge in [0.25, 0.3) is 0 Å². The molecule has 0 saturated heterocycles. The molecule has 1 heterocycles. The first-order valence-electron chi connectivity index (χ1n) is 9.64. The van der Waals surface area contributed by atoms with Crippen LogP contribution < -0.4 is 4.74 Å². The van der Waals surface area contributed by atoms with Crippen molar-refractivity contribution in [1.82, 2.24) is 9.78 Å². The van der Waals surface area contributed by atoms with Crippen LogP contribution >= 0.6 is 24.0 Å². The van der Waals surface area contributed by atoms with Crippen LogP contribution in [-0.4, -0.2) is 9.78 Å². The Hall–Kier alpha value is -1.19. The summed E-state index contributed by atoms with van der Waals surface area (Å²) in [6.07, 6.45) is 8.76. The molecule has 1 saturated carbocycles.